The van der Waals surface area contributed by atoms with Crippen LogP contribution in [0.1, 0.15) is 16.1 Å². The van der Waals surface area contributed by atoms with Gasteiger partial charge in [0.15, 0.2) is 0 Å². The lowest BCUT2D eigenvalue weighted by Crippen LogP contribution is -2.14. The molecular formula is C19H16ClFN4O3. The third kappa shape index (κ3) is 4.12. The zero-order chi connectivity index (χ0) is 20.3. The van der Waals surface area contributed by atoms with Gasteiger partial charge in [-0.3, -0.25) is 10.1 Å². The molecule has 0 bridgehead atoms. The lowest BCUT2D eigenvalue weighted by Gasteiger charge is -2.07. The number of nitrogens with one attached hydrogen (secondary N) is 2. The van der Waals surface area contributed by atoms with Gasteiger partial charge < -0.3 is 10.1 Å². The number of rotatable bonds is 4. The largest absolute Gasteiger partial charge is 0.453 e. The molecule has 3 aromatic rings. The van der Waals surface area contributed by atoms with Crippen molar-refractivity contribution in [3.05, 3.63) is 70.8 Å². The van der Waals surface area contributed by atoms with Gasteiger partial charge in [-0.1, -0.05) is 11.6 Å². The van der Waals surface area contributed by atoms with Gasteiger partial charge in [0.1, 0.15) is 16.5 Å². The summed E-state index contributed by atoms with van der Waals surface area (Å²) in [6.07, 6.45) is -0.590. The Balaban J connectivity index is 1.79. The fraction of sp³-hybridized carbons (Fsp3) is 0.105. The Kier molecular flexibility index (Phi) is 5.60. The Morgan fingerprint density at radius 1 is 1.04 bits per heavy atom. The molecule has 0 atom stereocenters. The van der Waals surface area contributed by atoms with E-state index < -0.39 is 12.0 Å². The van der Waals surface area contributed by atoms with Crippen LogP contribution in [-0.4, -0.2) is 28.9 Å². The second-order valence-corrected chi connectivity index (χ2v) is 6.15. The Hall–Kier alpha value is -3.39. The van der Waals surface area contributed by atoms with E-state index in [-0.39, 0.29) is 16.5 Å². The number of nitrogens with zero attached hydrogens (tertiary/aromatic N) is 2. The molecule has 3 rings (SSSR count). The highest BCUT2D eigenvalue weighted by Crippen LogP contribution is 2.25. The Morgan fingerprint density at radius 3 is 2.18 bits per heavy atom. The molecule has 1 aromatic heterocycles. The first kappa shape index (κ1) is 19.4. The summed E-state index contributed by atoms with van der Waals surface area (Å²) >= 11 is 6.35. The van der Waals surface area contributed by atoms with Gasteiger partial charge in [0, 0.05) is 11.4 Å². The highest BCUT2D eigenvalue weighted by molar-refractivity contribution is 6.34. The summed E-state index contributed by atoms with van der Waals surface area (Å²) in [4.78, 5) is 23.9. The van der Waals surface area contributed by atoms with E-state index in [1.54, 1.807) is 31.2 Å². The summed E-state index contributed by atoms with van der Waals surface area (Å²) in [5.41, 5.74) is 2.19. The van der Waals surface area contributed by atoms with Gasteiger partial charge in [-0.05, 0) is 55.5 Å². The molecule has 9 heteroatoms. The molecule has 0 unspecified atom stereocenters. The molecule has 2 aromatic carbocycles. The van der Waals surface area contributed by atoms with Crippen molar-refractivity contribution in [1.29, 1.82) is 0 Å². The van der Waals surface area contributed by atoms with Crippen LogP contribution in [0, 0.1) is 12.7 Å². The van der Waals surface area contributed by atoms with Crippen LogP contribution >= 0.6 is 11.6 Å². The quantitative estimate of drug-likeness (QED) is 0.677. The van der Waals surface area contributed by atoms with Crippen LogP contribution in [0.2, 0.25) is 5.15 Å². The number of benzene rings is 2. The third-order valence-electron chi connectivity index (χ3n) is 3.88. The van der Waals surface area contributed by atoms with Crippen LogP contribution in [-0.2, 0) is 4.74 Å². The number of methoxy groups -OCH3 is 1. The number of aromatic nitrogens is 2. The summed E-state index contributed by atoms with van der Waals surface area (Å²) in [5.74, 6) is -0.823. The zero-order valence-electron chi connectivity index (χ0n) is 15.0. The number of aryl methyl sites for hydroxylation is 1. The van der Waals surface area contributed by atoms with Crippen molar-refractivity contribution in [2.45, 2.75) is 6.92 Å². The van der Waals surface area contributed by atoms with Crippen LogP contribution < -0.4 is 10.6 Å². The second-order valence-electron chi connectivity index (χ2n) is 5.79. The molecule has 144 valence electrons. The van der Waals surface area contributed by atoms with Gasteiger partial charge in [0.25, 0.3) is 5.91 Å². The van der Waals surface area contributed by atoms with Crippen molar-refractivity contribution < 1.29 is 18.7 Å². The van der Waals surface area contributed by atoms with Crippen LogP contribution in [0.4, 0.5) is 20.6 Å². The van der Waals surface area contributed by atoms with Crippen LogP contribution in [0.25, 0.3) is 5.69 Å². The summed E-state index contributed by atoms with van der Waals surface area (Å²) < 4.78 is 19.0. The van der Waals surface area contributed by atoms with E-state index in [1.807, 2.05) is 0 Å². The van der Waals surface area contributed by atoms with Crippen molar-refractivity contribution in [2.75, 3.05) is 17.7 Å². The Morgan fingerprint density at radius 2 is 1.61 bits per heavy atom. The molecule has 0 saturated heterocycles. The predicted octanol–water partition coefficient (Wildman–Crippen LogP) is 4.40. The average Bonchev–Trinajstić information content (AvgIpc) is 2.98. The number of halogens is 2. The van der Waals surface area contributed by atoms with E-state index in [0.717, 1.165) is 0 Å². The van der Waals surface area contributed by atoms with Crippen molar-refractivity contribution >= 4 is 35.0 Å². The maximum Gasteiger partial charge on any atom is 0.411 e. The minimum absolute atomic E-state index is 0.116. The van der Waals surface area contributed by atoms with Crippen molar-refractivity contribution in [2.24, 2.45) is 0 Å². The number of hydrogen-bond donors (Lipinski definition) is 2. The predicted molar refractivity (Wildman–Crippen MR) is 104 cm³/mol. The first-order chi connectivity index (χ1) is 13.4. The smallest absolute Gasteiger partial charge is 0.411 e. The minimum Gasteiger partial charge on any atom is -0.453 e. The van der Waals surface area contributed by atoms with Crippen LogP contribution in [0.5, 0.6) is 0 Å². The normalized spacial score (nSPS) is 10.4. The zero-order valence-corrected chi connectivity index (χ0v) is 15.7. The number of anilines is 2. The molecule has 0 saturated carbocycles. The lowest BCUT2D eigenvalue weighted by molar-refractivity contribution is 0.102. The van der Waals surface area contributed by atoms with E-state index in [2.05, 4.69) is 20.5 Å². The first-order valence-electron chi connectivity index (χ1n) is 8.16. The standard InChI is InChI=1S/C19H16ClFN4O3/c1-11-16(17(20)25(24-11)15-9-3-12(21)4-10-15)18(26)22-13-5-7-14(8-6-13)23-19(27)28-2/h3-10H,1-2H3,(H,22,26)(H,23,27). The molecule has 1 heterocycles. The number of carbonyl (C=O) groups excluding carboxylic acids is 2. The third-order valence-corrected chi connectivity index (χ3v) is 4.23. The van der Waals surface area contributed by atoms with E-state index in [1.165, 1.54) is 36.1 Å². The summed E-state index contributed by atoms with van der Waals surface area (Å²) in [6.45, 7) is 1.66. The summed E-state index contributed by atoms with van der Waals surface area (Å²) in [6, 6.07) is 12.1. The van der Waals surface area contributed by atoms with Crippen LogP contribution in [0.15, 0.2) is 48.5 Å². The van der Waals surface area contributed by atoms with Gasteiger partial charge in [0.2, 0.25) is 0 Å². The van der Waals surface area contributed by atoms with Crippen LogP contribution in [0.3, 0.4) is 0 Å². The minimum atomic E-state index is -0.590. The van der Waals surface area contributed by atoms with Gasteiger partial charge in [0.05, 0.1) is 18.5 Å². The second kappa shape index (κ2) is 8.10. The van der Waals surface area contributed by atoms with E-state index >= 15 is 0 Å². The molecule has 0 fully saturated rings. The molecular weight excluding hydrogens is 387 g/mol. The number of hydrogen-bond acceptors (Lipinski definition) is 4. The molecule has 0 radical (unpaired) electrons. The molecule has 0 aliphatic heterocycles. The topological polar surface area (TPSA) is 85.2 Å². The van der Waals surface area contributed by atoms with Gasteiger partial charge in [-0.15, -0.1) is 0 Å². The molecule has 28 heavy (non-hydrogen) atoms. The maximum absolute atomic E-state index is 13.1. The first-order valence-corrected chi connectivity index (χ1v) is 8.54. The lowest BCUT2D eigenvalue weighted by atomic mass is 10.2. The number of amides is 2. The highest BCUT2D eigenvalue weighted by Gasteiger charge is 2.21. The monoisotopic (exact) mass is 402 g/mol. The molecule has 0 aliphatic rings. The Labute approximate surface area is 165 Å². The summed E-state index contributed by atoms with van der Waals surface area (Å²) in [5, 5.41) is 9.63. The van der Waals surface area contributed by atoms with Crippen molar-refractivity contribution in [3.8, 4) is 5.69 Å². The fourth-order valence-electron chi connectivity index (χ4n) is 2.51. The van der Waals surface area contributed by atoms with Crippen molar-refractivity contribution in [1.82, 2.24) is 9.78 Å². The molecule has 0 spiro atoms. The number of ether oxygens (including phenoxy) is 1. The fourth-order valence-corrected chi connectivity index (χ4v) is 2.87. The van der Waals surface area contributed by atoms with E-state index in [9.17, 15) is 14.0 Å². The van der Waals surface area contributed by atoms with Crippen molar-refractivity contribution in [3.63, 3.8) is 0 Å². The highest BCUT2D eigenvalue weighted by atomic mass is 35.5. The average molecular weight is 403 g/mol. The van der Waals surface area contributed by atoms with Gasteiger partial charge >= 0.3 is 6.09 Å². The van der Waals surface area contributed by atoms with E-state index in [4.69, 9.17) is 11.6 Å². The Bertz CT molecular complexity index is 1020. The molecule has 2 N–H and O–H groups in total. The molecule has 7 nitrogen and oxygen atoms in total. The SMILES string of the molecule is COC(=O)Nc1ccc(NC(=O)c2c(C)nn(-c3ccc(F)cc3)c2Cl)cc1. The van der Waals surface area contributed by atoms with Gasteiger partial charge in [-0.2, -0.15) is 5.10 Å². The summed E-state index contributed by atoms with van der Waals surface area (Å²) in [7, 11) is 1.27. The van der Waals surface area contributed by atoms with Gasteiger partial charge in [-0.25, -0.2) is 13.9 Å². The molecule has 2 amide bonds. The van der Waals surface area contributed by atoms with E-state index in [0.29, 0.717) is 22.8 Å². The molecule has 0 aliphatic carbocycles. The number of carbonyl (C=O) groups is 2. The maximum atomic E-state index is 13.1.